The Hall–Kier alpha value is -0.830. The van der Waals surface area contributed by atoms with Crippen LogP contribution in [0.5, 0.6) is 5.75 Å². The fraction of sp³-hybridized carbons (Fsp3) is 0.571. The molecular formula is C14H24NO3P. The molecule has 0 saturated heterocycles. The molecule has 19 heavy (non-hydrogen) atoms. The van der Waals surface area contributed by atoms with Crippen LogP contribution in [0.15, 0.2) is 24.3 Å². The summed E-state index contributed by atoms with van der Waals surface area (Å²) in [4.78, 5) is 9.67. The van der Waals surface area contributed by atoms with Gasteiger partial charge in [0.15, 0.2) is 0 Å². The van der Waals surface area contributed by atoms with Crippen molar-refractivity contribution in [2.75, 3.05) is 12.8 Å². The maximum Gasteiger partial charge on any atom is 0.206 e. The van der Waals surface area contributed by atoms with Crippen LogP contribution in [0.4, 0.5) is 0 Å². The van der Waals surface area contributed by atoms with Crippen molar-refractivity contribution in [3.63, 3.8) is 0 Å². The van der Waals surface area contributed by atoms with Crippen LogP contribution in [0.1, 0.15) is 26.3 Å². The summed E-state index contributed by atoms with van der Waals surface area (Å²) in [6.45, 7) is 5.69. The van der Waals surface area contributed by atoms with Crippen LogP contribution < -0.4 is 10.5 Å². The molecule has 1 aromatic carbocycles. The third kappa shape index (κ3) is 5.35. The molecule has 0 aliphatic heterocycles. The second kappa shape index (κ2) is 7.09. The highest BCUT2D eigenvalue weighted by atomic mass is 31.2. The number of nitrogens with two attached hydrogens (primary N) is 1. The molecule has 0 spiro atoms. The lowest BCUT2D eigenvalue weighted by molar-refractivity contribution is 0.309. The van der Waals surface area contributed by atoms with Gasteiger partial charge >= 0.3 is 0 Å². The van der Waals surface area contributed by atoms with Crippen molar-refractivity contribution in [1.29, 1.82) is 0 Å². The van der Waals surface area contributed by atoms with E-state index in [1.54, 1.807) is 13.8 Å². The van der Waals surface area contributed by atoms with Crippen molar-refractivity contribution in [3.05, 3.63) is 29.8 Å². The fourth-order valence-electron chi connectivity index (χ4n) is 1.74. The molecule has 0 radical (unpaired) electrons. The SMILES string of the molecule is CCP(=O)(O)C(C)COc1ccc(CC(C)N)cc1. The van der Waals surface area contributed by atoms with Crippen LogP contribution in [0.25, 0.3) is 0 Å². The van der Waals surface area contributed by atoms with E-state index in [9.17, 15) is 9.46 Å². The molecule has 0 saturated carbocycles. The molecule has 0 amide bonds. The molecule has 1 aromatic rings. The second-order valence-electron chi connectivity index (χ2n) is 5.06. The van der Waals surface area contributed by atoms with Gasteiger partial charge in [0.25, 0.3) is 0 Å². The predicted molar refractivity (Wildman–Crippen MR) is 79.1 cm³/mol. The topological polar surface area (TPSA) is 72.5 Å². The van der Waals surface area contributed by atoms with Crippen molar-refractivity contribution in [2.45, 2.75) is 38.9 Å². The Morgan fingerprint density at radius 1 is 1.32 bits per heavy atom. The molecule has 0 bridgehead atoms. The summed E-state index contributed by atoms with van der Waals surface area (Å²) in [5, 5.41) is 0. The Labute approximate surface area is 115 Å². The van der Waals surface area contributed by atoms with Crippen LogP contribution in [0, 0.1) is 0 Å². The van der Waals surface area contributed by atoms with E-state index in [0.717, 1.165) is 17.7 Å². The summed E-state index contributed by atoms with van der Waals surface area (Å²) in [6.07, 6.45) is 1.11. The Morgan fingerprint density at radius 3 is 2.37 bits per heavy atom. The second-order valence-corrected chi connectivity index (χ2v) is 8.08. The van der Waals surface area contributed by atoms with Gasteiger partial charge in [-0.15, -0.1) is 0 Å². The van der Waals surface area contributed by atoms with Crippen LogP contribution >= 0.6 is 7.37 Å². The first-order chi connectivity index (χ1) is 8.85. The van der Waals surface area contributed by atoms with Crippen LogP contribution in [0.3, 0.4) is 0 Å². The molecular weight excluding hydrogens is 261 g/mol. The first kappa shape index (κ1) is 16.2. The van der Waals surface area contributed by atoms with Crippen molar-refractivity contribution >= 4 is 7.37 Å². The number of rotatable bonds is 7. The van der Waals surface area contributed by atoms with Crippen LogP contribution in [-0.4, -0.2) is 29.4 Å². The highest BCUT2D eigenvalue weighted by Gasteiger charge is 2.25. The van der Waals surface area contributed by atoms with E-state index in [-0.39, 0.29) is 24.5 Å². The molecule has 0 aromatic heterocycles. The van der Waals surface area contributed by atoms with Crippen molar-refractivity contribution in [3.8, 4) is 5.75 Å². The van der Waals surface area contributed by atoms with Gasteiger partial charge in [-0.25, -0.2) is 0 Å². The van der Waals surface area contributed by atoms with Gasteiger partial charge in [0, 0.05) is 12.2 Å². The minimum Gasteiger partial charge on any atom is -0.493 e. The van der Waals surface area contributed by atoms with Gasteiger partial charge in [-0.1, -0.05) is 26.0 Å². The molecule has 3 N–H and O–H groups in total. The lowest BCUT2D eigenvalue weighted by Crippen LogP contribution is -2.17. The molecule has 0 aliphatic rings. The molecule has 4 nitrogen and oxygen atoms in total. The zero-order chi connectivity index (χ0) is 14.5. The summed E-state index contributed by atoms with van der Waals surface area (Å²) in [5.74, 6) is 0.719. The van der Waals surface area contributed by atoms with Gasteiger partial charge in [-0.05, 0) is 31.0 Å². The fourth-order valence-corrected chi connectivity index (χ4v) is 2.67. The summed E-state index contributed by atoms with van der Waals surface area (Å²) in [5.41, 5.74) is 6.55. The minimum atomic E-state index is -3.07. The third-order valence-electron chi connectivity index (χ3n) is 3.11. The lowest BCUT2D eigenvalue weighted by Gasteiger charge is -2.18. The van der Waals surface area contributed by atoms with Crippen molar-refractivity contribution < 1.29 is 14.2 Å². The Kier molecular flexibility index (Phi) is 6.05. The number of benzene rings is 1. The van der Waals surface area contributed by atoms with Crippen LogP contribution in [0.2, 0.25) is 0 Å². The molecule has 0 heterocycles. The third-order valence-corrected chi connectivity index (χ3v) is 5.55. The smallest absolute Gasteiger partial charge is 0.206 e. The van der Waals surface area contributed by atoms with E-state index in [1.807, 2.05) is 31.2 Å². The van der Waals surface area contributed by atoms with E-state index in [0.29, 0.717) is 0 Å². The zero-order valence-electron chi connectivity index (χ0n) is 11.9. The van der Waals surface area contributed by atoms with E-state index >= 15 is 0 Å². The highest BCUT2D eigenvalue weighted by Crippen LogP contribution is 2.45. The van der Waals surface area contributed by atoms with E-state index in [1.165, 1.54) is 0 Å². The Bertz CT molecular complexity index is 431. The molecule has 5 heteroatoms. The monoisotopic (exact) mass is 285 g/mol. The predicted octanol–water partition coefficient (Wildman–Crippen LogP) is 2.63. The summed E-state index contributed by atoms with van der Waals surface area (Å²) < 4.78 is 17.3. The number of hydrogen-bond acceptors (Lipinski definition) is 3. The molecule has 108 valence electrons. The normalized spacial score (nSPS) is 17.5. The first-order valence-corrected chi connectivity index (χ1v) is 8.55. The zero-order valence-corrected chi connectivity index (χ0v) is 12.8. The van der Waals surface area contributed by atoms with Gasteiger partial charge in [-0.3, -0.25) is 4.57 Å². The molecule has 3 atom stereocenters. The lowest BCUT2D eigenvalue weighted by atomic mass is 10.1. The standard InChI is InChI=1S/C14H24NO3P/c1-4-19(16,17)12(3)10-18-14-7-5-13(6-8-14)9-11(2)15/h5-8,11-12H,4,9-10,15H2,1-3H3,(H,16,17). The minimum absolute atomic E-state index is 0.136. The van der Waals surface area contributed by atoms with Gasteiger partial charge < -0.3 is 15.4 Å². The number of hydrogen-bond donors (Lipinski definition) is 2. The van der Waals surface area contributed by atoms with Crippen molar-refractivity contribution in [2.24, 2.45) is 5.73 Å². The quantitative estimate of drug-likeness (QED) is 0.755. The maximum absolute atomic E-state index is 11.7. The first-order valence-electron chi connectivity index (χ1n) is 6.64. The van der Waals surface area contributed by atoms with Gasteiger partial charge in [0.1, 0.15) is 5.75 Å². The van der Waals surface area contributed by atoms with E-state index in [2.05, 4.69) is 0 Å². The summed E-state index contributed by atoms with van der Waals surface area (Å²) in [6, 6.07) is 7.83. The Balaban J connectivity index is 2.52. The molecule has 3 unspecified atom stereocenters. The van der Waals surface area contributed by atoms with E-state index in [4.69, 9.17) is 10.5 Å². The maximum atomic E-state index is 11.7. The largest absolute Gasteiger partial charge is 0.493 e. The molecule has 0 aliphatic carbocycles. The molecule has 0 fully saturated rings. The number of ether oxygens (including phenoxy) is 1. The molecule has 1 rings (SSSR count). The van der Waals surface area contributed by atoms with Gasteiger partial charge in [-0.2, -0.15) is 0 Å². The van der Waals surface area contributed by atoms with Gasteiger partial charge in [0.05, 0.1) is 12.3 Å². The average Bonchev–Trinajstić information content (AvgIpc) is 2.36. The van der Waals surface area contributed by atoms with Crippen LogP contribution in [-0.2, 0) is 11.0 Å². The van der Waals surface area contributed by atoms with Crippen molar-refractivity contribution in [1.82, 2.24) is 0 Å². The van der Waals surface area contributed by atoms with Gasteiger partial charge in [0.2, 0.25) is 7.37 Å². The highest BCUT2D eigenvalue weighted by molar-refractivity contribution is 7.58. The van der Waals surface area contributed by atoms with E-state index < -0.39 is 7.37 Å². The Morgan fingerprint density at radius 2 is 1.89 bits per heavy atom. The summed E-state index contributed by atoms with van der Waals surface area (Å²) in [7, 11) is -3.07. The average molecular weight is 285 g/mol. The summed E-state index contributed by atoms with van der Waals surface area (Å²) >= 11 is 0.